The number of anilines is 3. The lowest BCUT2D eigenvalue weighted by Gasteiger charge is -2.29. The molecule has 276 valence electrons. The van der Waals surface area contributed by atoms with Crippen LogP contribution >= 0.6 is 0 Å². The van der Waals surface area contributed by atoms with Gasteiger partial charge in [-0.3, -0.25) is 0 Å². The summed E-state index contributed by atoms with van der Waals surface area (Å²) in [5.74, 6) is 0. The van der Waals surface area contributed by atoms with Crippen LogP contribution in [0.5, 0.6) is 0 Å². The molecule has 0 atom stereocenters. The largest absolute Gasteiger partial charge is 0.310 e. The Kier molecular flexibility index (Phi) is 8.92. The summed E-state index contributed by atoms with van der Waals surface area (Å²) in [5.41, 5.74) is 20.8. The first-order valence-corrected chi connectivity index (χ1v) is 20.2. The number of nitrogens with zero attached hydrogens (tertiary/aromatic N) is 1. The summed E-state index contributed by atoms with van der Waals surface area (Å²) in [4.78, 5) is 2.40. The standard InChI is InChI=1S/C57H43N/c1-57(2)53-28-16-14-27-52(53)55-51(50-26-13-12-24-47(50)42-20-8-4-9-21-42)39-38-49(56(55)57)44-32-36-46(37-33-44)58(45-34-30-41(31-35-45)40-18-6-3-7-19-40)54-29-17-15-25-48(54)43-22-10-5-11-23-43/h3-39H,1-2H3. The predicted octanol–water partition coefficient (Wildman–Crippen LogP) is 15.8. The molecule has 0 saturated carbocycles. The van der Waals surface area contributed by atoms with Crippen LogP contribution in [0.2, 0.25) is 0 Å². The second-order valence-electron chi connectivity index (χ2n) is 15.7. The fourth-order valence-corrected chi connectivity index (χ4v) is 9.15. The first-order valence-electron chi connectivity index (χ1n) is 20.2. The molecule has 0 bridgehead atoms. The molecule has 0 unspecified atom stereocenters. The summed E-state index contributed by atoms with van der Waals surface area (Å²) in [7, 11) is 0. The van der Waals surface area contributed by atoms with Gasteiger partial charge in [0.2, 0.25) is 0 Å². The molecule has 0 heterocycles. The van der Waals surface area contributed by atoms with E-state index in [0.717, 1.165) is 17.1 Å². The smallest absolute Gasteiger partial charge is 0.0540 e. The fourth-order valence-electron chi connectivity index (χ4n) is 9.15. The van der Waals surface area contributed by atoms with E-state index in [-0.39, 0.29) is 5.41 Å². The van der Waals surface area contributed by atoms with E-state index in [4.69, 9.17) is 0 Å². The van der Waals surface area contributed by atoms with Gasteiger partial charge in [0.25, 0.3) is 0 Å². The highest BCUT2D eigenvalue weighted by Crippen LogP contribution is 2.56. The molecule has 9 aromatic carbocycles. The molecule has 1 aliphatic carbocycles. The minimum absolute atomic E-state index is 0.196. The molecule has 0 aliphatic heterocycles. The normalized spacial score (nSPS) is 12.4. The van der Waals surface area contributed by atoms with E-state index in [0.29, 0.717) is 0 Å². The lowest BCUT2D eigenvalue weighted by molar-refractivity contribution is 0.662. The number of rotatable bonds is 8. The van der Waals surface area contributed by atoms with Crippen LogP contribution in [0.25, 0.3) is 66.8 Å². The van der Waals surface area contributed by atoms with Crippen molar-refractivity contribution in [2.75, 3.05) is 4.90 Å². The number of hydrogen-bond donors (Lipinski definition) is 0. The number of benzene rings is 9. The van der Waals surface area contributed by atoms with E-state index in [9.17, 15) is 0 Å². The molecule has 0 fully saturated rings. The zero-order chi connectivity index (χ0) is 39.1. The Labute approximate surface area is 342 Å². The molecule has 1 aliphatic rings. The zero-order valence-electron chi connectivity index (χ0n) is 32.8. The highest BCUT2D eigenvalue weighted by molar-refractivity contribution is 6.00. The van der Waals surface area contributed by atoms with E-state index in [1.54, 1.807) is 0 Å². The summed E-state index contributed by atoms with van der Waals surface area (Å²) < 4.78 is 0. The maximum atomic E-state index is 2.40. The Bertz CT molecular complexity index is 2870. The first-order chi connectivity index (χ1) is 28.6. The highest BCUT2D eigenvalue weighted by atomic mass is 15.1. The highest BCUT2D eigenvalue weighted by Gasteiger charge is 2.39. The predicted molar refractivity (Wildman–Crippen MR) is 246 cm³/mol. The van der Waals surface area contributed by atoms with Crippen LogP contribution < -0.4 is 4.90 Å². The van der Waals surface area contributed by atoms with Crippen LogP contribution in [0.3, 0.4) is 0 Å². The lowest BCUT2D eigenvalue weighted by atomic mass is 9.77. The Morgan fingerprint density at radius 2 is 0.707 bits per heavy atom. The second-order valence-corrected chi connectivity index (χ2v) is 15.7. The third-order valence-electron chi connectivity index (χ3n) is 11.9. The molecule has 0 N–H and O–H groups in total. The van der Waals surface area contributed by atoms with Crippen molar-refractivity contribution in [2.24, 2.45) is 0 Å². The van der Waals surface area contributed by atoms with Crippen molar-refractivity contribution in [3.63, 3.8) is 0 Å². The maximum absolute atomic E-state index is 2.40. The van der Waals surface area contributed by atoms with E-state index in [1.165, 1.54) is 77.9 Å². The van der Waals surface area contributed by atoms with Crippen LogP contribution in [0.1, 0.15) is 25.0 Å². The van der Waals surface area contributed by atoms with Gasteiger partial charge in [0.05, 0.1) is 5.69 Å². The molecule has 9 aromatic rings. The third kappa shape index (κ3) is 6.13. The van der Waals surface area contributed by atoms with Crippen molar-refractivity contribution in [2.45, 2.75) is 19.3 Å². The maximum Gasteiger partial charge on any atom is 0.0540 e. The van der Waals surface area contributed by atoms with Crippen molar-refractivity contribution in [3.8, 4) is 66.8 Å². The van der Waals surface area contributed by atoms with Gasteiger partial charge >= 0.3 is 0 Å². The first kappa shape index (κ1) is 35.2. The minimum atomic E-state index is -0.196. The minimum Gasteiger partial charge on any atom is -0.310 e. The van der Waals surface area contributed by atoms with Gasteiger partial charge < -0.3 is 4.90 Å². The summed E-state index contributed by atoms with van der Waals surface area (Å²) >= 11 is 0. The number of para-hydroxylation sites is 1. The Morgan fingerprint density at radius 1 is 0.293 bits per heavy atom. The molecule has 0 aromatic heterocycles. The van der Waals surface area contributed by atoms with Crippen molar-refractivity contribution >= 4 is 17.1 Å². The van der Waals surface area contributed by atoms with E-state index >= 15 is 0 Å². The van der Waals surface area contributed by atoms with Gasteiger partial charge in [0.15, 0.2) is 0 Å². The molecule has 58 heavy (non-hydrogen) atoms. The summed E-state index contributed by atoms with van der Waals surface area (Å²) in [6, 6.07) is 81.6. The van der Waals surface area contributed by atoms with E-state index in [1.807, 2.05) is 0 Å². The van der Waals surface area contributed by atoms with Crippen LogP contribution in [0.15, 0.2) is 224 Å². The summed E-state index contributed by atoms with van der Waals surface area (Å²) in [5, 5.41) is 0. The van der Waals surface area contributed by atoms with Gasteiger partial charge in [-0.25, -0.2) is 0 Å². The zero-order valence-corrected chi connectivity index (χ0v) is 32.8. The second kappa shape index (κ2) is 14.7. The third-order valence-corrected chi connectivity index (χ3v) is 11.9. The van der Waals surface area contributed by atoms with Gasteiger partial charge in [-0.15, -0.1) is 0 Å². The summed E-state index contributed by atoms with van der Waals surface area (Å²) in [6.45, 7) is 4.79. The monoisotopic (exact) mass is 741 g/mol. The van der Waals surface area contributed by atoms with Gasteiger partial charge in [-0.2, -0.15) is 0 Å². The van der Waals surface area contributed by atoms with Crippen molar-refractivity contribution < 1.29 is 0 Å². The Morgan fingerprint density at radius 3 is 1.33 bits per heavy atom. The lowest BCUT2D eigenvalue weighted by Crippen LogP contribution is -2.16. The molecule has 0 radical (unpaired) electrons. The van der Waals surface area contributed by atoms with Crippen LogP contribution in [0, 0.1) is 0 Å². The molecule has 0 saturated heterocycles. The van der Waals surface area contributed by atoms with Crippen LogP contribution in [0.4, 0.5) is 17.1 Å². The van der Waals surface area contributed by atoms with E-state index in [2.05, 4.69) is 243 Å². The molecule has 1 heteroatoms. The quantitative estimate of drug-likeness (QED) is 0.150. The average molecular weight is 742 g/mol. The fraction of sp³-hybridized carbons (Fsp3) is 0.0526. The van der Waals surface area contributed by atoms with Crippen LogP contribution in [-0.4, -0.2) is 0 Å². The molecule has 1 nitrogen and oxygen atoms in total. The van der Waals surface area contributed by atoms with Gasteiger partial charge in [-0.1, -0.05) is 208 Å². The Hall–Kier alpha value is -7.22. The molecule has 10 rings (SSSR count). The SMILES string of the molecule is CC1(C)c2ccccc2-c2c(-c3ccccc3-c3ccccc3)ccc(-c3ccc(N(c4ccc(-c5ccccc5)cc4)c4ccccc4-c4ccccc4)cc3)c21. The average Bonchev–Trinajstić information content (AvgIpc) is 3.54. The molecule has 0 spiro atoms. The van der Waals surface area contributed by atoms with Crippen LogP contribution in [-0.2, 0) is 5.41 Å². The Balaban J connectivity index is 1.12. The number of hydrogen-bond acceptors (Lipinski definition) is 1. The molecular weight excluding hydrogens is 699 g/mol. The number of fused-ring (bicyclic) bond motifs is 3. The van der Waals surface area contributed by atoms with Crippen molar-refractivity contribution in [3.05, 3.63) is 236 Å². The van der Waals surface area contributed by atoms with Crippen molar-refractivity contribution in [1.29, 1.82) is 0 Å². The summed E-state index contributed by atoms with van der Waals surface area (Å²) in [6.07, 6.45) is 0. The van der Waals surface area contributed by atoms with Crippen molar-refractivity contribution in [1.82, 2.24) is 0 Å². The van der Waals surface area contributed by atoms with E-state index < -0.39 is 0 Å². The molecular formula is C57H43N. The van der Waals surface area contributed by atoms with Gasteiger partial charge in [0.1, 0.15) is 0 Å². The topological polar surface area (TPSA) is 3.24 Å². The van der Waals surface area contributed by atoms with Gasteiger partial charge in [-0.05, 0) is 103 Å². The van der Waals surface area contributed by atoms with Gasteiger partial charge in [0, 0.05) is 22.4 Å². The molecule has 0 amide bonds.